The van der Waals surface area contributed by atoms with Crippen LogP contribution in [-0.4, -0.2) is 57.7 Å². The summed E-state index contributed by atoms with van der Waals surface area (Å²) in [6.45, 7) is 7.79. The monoisotopic (exact) mass is 364 g/mol. The van der Waals surface area contributed by atoms with Gasteiger partial charge in [-0.15, -0.1) is 0 Å². The van der Waals surface area contributed by atoms with Crippen LogP contribution < -0.4 is 0 Å². The first kappa shape index (κ1) is 18.9. The summed E-state index contributed by atoms with van der Waals surface area (Å²) in [5, 5.41) is 0. The van der Waals surface area contributed by atoms with E-state index in [2.05, 4.69) is 0 Å². The zero-order chi connectivity index (χ0) is 19.2. The van der Waals surface area contributed by atoms with E-state index in [4.69, 9.17) is 4.74 Å². The molecule has 1 aliphatic carbocycles. The van der Waals surface area contributed by atoms with E-state index in [1.807, 2.05) is 6.92 Å². The van der Waals surface area contributed by atoms with Crippen LogP contribution in [0.25, 0.3) is 0 Å². The van der Waals surface area contributed by atoms with Crippen molar-refractivity contribution < 1.29 is 23.9 Å². The van der Waals surface area contributed by atoms with E-state index < -0.39 is 41.5 Å². The van der Waals surface area contributed by atoms with Crippen molar-refractivity contribution >= 4 is 23.7 Å². The molecule has 4 atom stereocenters. The van der Waals surface area contributed by atoms with Crippen LogP contribution in [0.1, 0.15) is 59.8 Å². The van der Waals surface area contributed by atoms with Gasteiger partial charge in [-0.3, -0.25) is 14.4 Å². The fourth-order valence-electron chi connectivity index (χ4n) is 4.43. The molecule has 3 amide bonds. The van der Waals surface area contributed by atoms with Crippen molar-refractivity contribution in [3.8, 4) is 0 Å². The molecule has 7 nitrogen and oxygen atoms in total. The minimum absolute atomic E-state index is 0.0294. The lowest BCUT2D eigenvalue weighted by Crippen LogP contribution is -2.69. The number of piperidine rings is 2. The highest BCUT2D eigenvalue weighted by Gasteiger charge is 2.58. The fourth-order valence-corrected chi connectivity index (χ4v) is 4.43. The number of unbranched alkanes of at least 4 members (excludes halogenated alkanes) is 1. The first-order chi connectivity index (χ1) is 12.2. The van der Waals surface area contributed by atoms with Gasteiger partial charge in [0.1, 0.15) is 17.3 Å². The van der Waals surface area contributed by atoms with Crippen molar-refractivity contribution in [3.63, 3.8) is 0 Å². The Morgan fingerprint density at radius 3 is 2.42 bits per heavy atom. The number of carbonyl (C=O) groups excluding carboxylic acids is 4. The predicted octanol–water partition coefficient (Wildman–Crippen LogP) is 2.13. The van der Waals surface area contributed by atoms with Gasteiger partial charge >= 0.3 is 6.09 Å². The highest BCUT2D eigenvalue weighted by Crippen LogP contribution is 2.42. The number of nitrogens with zero attached hydrogens (tertiary/aromatic N) is 2. The normalized spacial score (nSPS) is 31.3. The van der Waals surface area contributed by atoms with Crippen molar-refractivity contribution in [3.05, 3.63) is 0 Å². The molecule has 0 unspecified atom stereocenters. The van der Waals surface area contributed by atoms with E-state index in [0.29, 0.717) is 19.4 Å². The molecule has 5 saturated heterocycles. The van der Waals surface area contributed by atoms with E-state index in [0.717, 1.165) is 17.7 Å². The Balaban J connectivity index is 1.97. The number of rotatable bonds is 3. The van der Waals surface area contributed by atoms with Crippen LogP contribution in [0.3, 0.4) is 0 Å². The Labute approximate surface area is 154 Å². The molecule has 0 aromatic rings. The van der Waals surface area contributed by atoms with Crippen LogP contribution in [0.5, 0.6) is 0 Å². The number of ketones is 1. The molecule has 5 heterocycles. The second-order valence-electron chi connectivity index (χ2n) is 8.54. The number of imide groups is 1. The third-order valence-electron chi connectivity index (χ3n) is 5.56. The van der Waals surface area contributed by atoms with Crippen molar-refractivity contribution in [2.75, 3.05) is 6.54 Å². The fraction of sp³-hybridized carbons (Fsp3) is 0.789. The second-order valence-corrected chi connectivity index (χ2v) is 8.54. The van der Waals surface area contributed by atoms with Crippen LogP contribution in [0, 0.1) is 11.8 Å². The molecule has 7 heteroatoms. The zero-order valence-corrected chi connectivity index (χ0v) is 16.0. The predicted molar refractivity (Wildman–Crippen MR) is 93.1 cm³/mol. The van der Waals surface area contributed by atoms with Gasteiger partial charge in [-0.25, -0.2) is 9.69 Å². The number of amides is 3. The van der Waals surface area contributed by atoms with Gasteiger partial charge in [0.25, 0.3) is 0 Å². The van der Waals surface area contributed by atoms with Gasteiger partial charge in [-0.2, -0.15) is 0 Å². The van der Waals surface area contributed by atoms with Gasteiger partial charge in [0.15, 0.2) is 0 Å². The van der Waals surface area contributed by atoms with Crippen LogP contribution in [-0.2, 0) is 19.1 Å². The standard InChI is InChI=1S/C19H28N2O5/c1-5-6-9-20-12-8-7-11(16(20)23)13-10-14(22)15(12)17(24)21(13)18(25)26-19(2,3)4/h11-13,15H,5-10H2,1-4H3/t11-,12+,13-,15-/m1/s1. The quantitative estimate of drug-likeness (QED) is 0.716. The summed E-state index contributed by atoms with van der Waals surface area (Å²) in [6, 6.07) is -1.16. The van der Waals surface area contributed by atoms with Crippen molar-refractivity contribution in [1.29, 1.82) is 0 Å². The number of hydrogen-bond acceptors (Lipinski definition) is 5. The maximum atomic E-state index is 13.1. The maximum absolute atomic E-state index is 13.1. The van der Waals surface area contributed by atoms with E-state index in [1.54, 1.807) is 25.7 Å². The molecule has 0 N–H and O–H groups in total. The molecule has 0 radical (unpaired) electrons. The Morgan fingerprint density at radius 2 is 1.81 bits per heavy atom. The van der Waals surface area contributed by atoms with Gasteiger partial charge in [-0.05, 0) is 40.0 Å². The lowest BCUT2D eigenvalue weighted by molar-refractivity contribution is -0.168. The molecule has 6 rings (SSSR count). The van der Waals surface area contributed by atoms with Crippen molar-refractivity contribution in [2.24, 2.45) is 11.8 Å². The summed E-state index contributed by atoms with van der Waals surface area (Å²) in [5.41, 5.74) is -0.751. The average Bonchev–Trinajstić information content (AvgIpc) is 2.50. The molecular formula is C19H28N2O5. The summed E-state index contributed by atoms with van der Waals surface area (Å²) in [5.74, 6) is -2.13. The summed E-state index contributed by atoms with van der Waals surface area (Å²) in [6.07, 6.45) is 2.33. The summed E-state index contributed by atoms with van der Waals surface area (Å²) in [4.78, 5) is 54.3. The topological polar surface area (TPSA) is 84.0 Å². The second kappa shape index (κ2) is 6.67. The van der Waals surface area contributed by atoms with Gasteiger partial charge in [0.05, 0.1) is 18.0 Å². The minimum atomic E-state index is -0.944. The van der Waals surface area contributed by atoms with Gasteiger partial charge < -0.3 is 9.64 Å². The largest absolute Gasteiger partial charge is 0.443 e. The molecule has 1 saturated carbocycles. The molecule has 0 spiro atoms. The van der Waals surface area contributed by atoms with Crippen LogP contribution >= 0.6 is 0 Å². The maximum Gasteiger partial charge on any atom is 0.417 e. The lowest BCUT2D eigenvalue weighted by atomic mass is 9.70. The van der Waals surface area contributed by atoms with Crippen molar-refractivity contribution in [2.45, 2.75) is 77.5 Å². The van der Waals surface area contributed by atoms with E-state index in [1.165, 1.54) is 0 Å². The first-order valence-corrected chi connectivity index (χ1v) is 9.55. The molecule has 144 valence electrons. The highest BCUT2D eigenvalue weighted by molar-refractivity contribution is 6.11. The Morgan fingerprint density at radius 1 is 1.12 bits per heavy atom. The molecule has 4 bridgehead atoms. The van der Waals surface area contributed by atoms with Crippen LogP contribution in [0.4, 0.5) is 4.79 Å². The van der Waals surface area contributed by atoms with E-state index in [-0.39, 0.29) is 18.1 Å². The first-order valence-electron chi connectivity index (χ1n) is 9.55. The third kappa shape index (κ3) is 3.12. The smallest absolute Gasteiger partial charge is 0.417 e. The minimum Gasteiger partial charge on any atom is -0.443 e. The Kier molecular flexibility index (Phi) is 4.84. The van der Waals surface area contributed by atoms with Gasteiger partial charge in [0, 0.05) is 13.0 Å². The lowest BCUT2D eigenvalue weighted by Gasteiger charge is -2.52. The van der Waals surface area contributed by atoms with E-state index >= 15 is 0 Å². The van der Waals surface area contributed by atoms with Crippen LogP contribution in [0.2, 0.25) is 0 Å². The number of Topliss-reactive ketones (excluding diaryl/α,β-unsaturated/α-hetero) is 1. The Bertz CT molecular complexity index is 638. The van der Waals surface area contributed by atoms with Gasteiger partial charge in [-0.1, -0.05) is 13.3 Å². The van der Waals surface area contributed by atoms with E-state index in [9.17, 15) is 19.2 Å². The van der Waals surface area contributed by atoms with Gasteiger partial charge in [0.2, 0.25) is 11.8 Å². The van der Waals surface area contributed by atoms with Crippen molar-refractivity contribution in [1.82, 2.24) is 9.80 Å². The molecule has 0 aromatic carbocycles. The molecular weight excluding hydrogens is 336 g/mol. The number of ether oxygens (including phenoxy) is 1. The molecule has 6 fully saturated rings. The summed E-state index contributed by atoms with van der Waals surface area (Å²) < 4.78 is 5.40. The SMILES string of the molecule is CCCCN1C(=O)[C@@H]2CC[C@H]1[C@@H]1C(=O)C[C@H]2N(C(=O)OC(C)(C)C)C1=O. The molecule has 26 heavy (non-hydrogen) atoms. The molecule has 5 aliphatic heterocycles. The zero-order valence-electron chi connectivity index (χ0n) is 16.0. The molecule has 6 aliphatic rings. The summed E-state index contributed by atoms with van der Waals surface area (Å²) >= 11 is 0. The highest BCUT2D eigenvalue weighted by atomic mass is 16.6. The molecule has 0 aromatic heterocycles. The van der Waals surface area contributed by atoms with Crippen LogP contribution in [0.15, 0.2) is 0 Å². The Hall–Kier alpha value is -1.92. The number of carbonyl (C=O) groups is 4. The number of hydrogen-bond donors (Lipinski definition) is 0. The average molecular weight is 364 g/mol. The third-order valence-corrected chi connectivity index (χ3v) is 5.56. The summed E-state index contributed by atoms with van der Waals surface area (Å²) in [7, 11) is 0.